The van der Waals surface area contributed by atoms with Crippen molar-refractivity contribution in [1.82, 2.24) is 10.3 Å². The van der Waals surface area contributed by atoms with Gasteiger partial charge in [0.2, 0.25) is 11.8 Å². The Hall–Kier alpha value is -2.60. The van der Waals surface area contributed by atoms with E-state index in [2.05, 4.69) is 40.7 Å². The first-order valence-electron chi connectivity index (χ1n) is 8.19. The molecule has 0 aliphatic carbocycles. The Morgan fingerprint density at radius 2 is 1.67 bits per heavy atom. The molecule has 0 radical (unpaired) electrons. The highest BCUT2D eigenvalue weighted by atomic mass is 16.2. The summed E-state index contributed by atoms with van der Waals surface area (Å²) in [4.78, 5) is 27.4. The molecule has 6 nitrogen and oxygen atoms in total. The van der Waals surface area contributed by atoms with Crippen LogP contribution in [-0.4, -0.2) is 42.9 Å². The predicted octanol–water partition coefficient (Wildman–Crippen LogP) is 1.26. The third-order valence-corrected chi connectivity index (χ3v) is 4.47. The number of benzene rings is 2. The van der Waals surface area contributed by atoms with E-state index in [4.69, 9.17) is 5.84 Å². The predicted molar refractivity (Wildman–Crippen MR) is 94.3 cm³/mol. The Labute approximate surface area is 141 Å². The second-order valence-electron chi connectivity index (χ2n) is 5.93. The second kappa shape index (κ2) is 7.31. The number of carbonyl (C=O) groups excluding carboxylic acids is 2. The van der Waals surface area contributed by atoms with E-state index in [-0.39, 0.29) is 24.7 Å². The van der Waals surface area contributed by atoms with E-state index in [9.17, 15) is 9.59 Å². The molecule has 0 unspecified atom stereocenters. The van der Waals surface area contributed by atoms with Gasteiger partial charge in [0.05, 0.1) is 0 Å². The number of rotatable bonds is 4. The maximum Gasteiger partial charge on any atom is 0.234 e. The molecule has 2 aromatic rings. The van der Waals surface area contributed by atoms with Crippen molar-refractivity contribution in [2.24, 2.45) is 5.84 Å². The highest BCUT2D eigenvalue weighted by Crippen LogP contribution is 2.27. The quantitative estimate of drug-likeness (QED) is 0.504. The fourth-order valence-electron chi connectivity index (χ4n) is 3.13. The normalized spacial score (nSPS) is 14.7. The first-order valence-corrected chi connectivity index (χ1v) is 8.19. The summed E-state index contributed by atoms with van der Waals surface area (Å²) < 4.78 is 0. The Kier molecular flexibility index (Phi) is 4.96. The number of amides is 2. The molecule has 1 saturated heterocycles. The van der Waals surface area contributed by atoms with E-state index in [1.165, 1.54) is 16.5 Å². The molecule has 126 valence electrons. The zero-order valence-corrected chi connectivity index (χ0v) is 13.6. The zero-order chi connectivity index (χ0) is 16.9. The van der Waals surface area contributed by atoms with Crippen molar-refractivity contribution in [2.45, 2.75) is 12.8 Å². The standard InChI is InChI=1S/C18H22N4O2/c19-20-17(23)8-9-18(24)22-12-10-21(11-13-22)16-7-3-5-14-4-1-2-6-15(14)16/h1-7H,8-13,19H2,(H,20,23). The van der Waals surface area contributed by atoms with Gasteiger partial charge < -0.3 is 9.80 Å². The molecule has 0 saturated carbocycles. The van der Waals surface area contributed by atoms with Crippen LogP contribution in [0.1, 0.15) is 12.8 Å². The van der Waals surface area contributed by atoms with Crippen LogP contribution in [0, 0.1) is 0 Å². The summed E-state index contributed by atoms with van der Waals surface area (Å²) >= 11 is 0. The summed E-state index contributed by atoms with van der Waals surface area (Å²) in [7, 11) is 0. The van der Waals surface area contributed by atoms with Gasteiger partial charge in [-0.3, -0.25) is 15.0 Å². The first kappa shape index (κ1) is 16.3. The van der Waals surface area contributed by atoms with Crippen LogP contribution in [0.4, 0.5) is 5.69 Å². The van der Waals surface area contributed by atoms with Crippen molar-refractivity contribution in [3.63, 3.8) is 0 Å². The molecule has 3 N–H and O–H groups in total. The van der Waals surface area contributed by atoms with Gasteiger partial charge in [0.1, 0.15) is 0 Å². The van der Waals surface area contributed by atoms with E-state index >= 15 is 0 Å². The summed E-state index contributed by atoms with van der Waals surface area (Å²) in [6.07, 6.45) is 0.343. The molecule has 24 heavy (non-hydrogen) atoms. The van der Waals surface area contributed by atoms with Gasteiger partial charge in [0.15, 0.2) is 0 Å². The van der Waals surface area contributed by atoms with Crippen LogP contribution in [0.25, 0.3) is 10.8 Å². The van der Waals surface area contributed by atoms with Gasteiger partial charge in [-0.25, -0.2) is 5.84 Å². The molecule has 1 fully saturated rings. The average Bonchev–Trinajstić information content (AvgIpc) is 2.65. The van der Waals surface area contributed by atoms with E-state index in [0.717, 1.165) is 13.1 Å². The van der Waals surface area contributed by atoms with Gasteiger partial charge in [-0.2, -0.15) is 0 Å². The topological polar surface area (TPSA) is 78.7 Å². The van der Waals surface area contributed by atoms with Gasteiger partial charge in [-0.1, -0.05) is 36.4 Å². The maximum absolute atomic E-state index is 12.2. The highest BCUT2D eigenvalue weighted by molar-refractivity contribution is 5.94. The molecule has 2 aromatic carbocycles. The van der Waals surface area contributed by atoms with Gasteiger partial charge in [-0.05, 0) is 11.5 Å². The first-order chi connectivity index (χ1) is 11.7. The number of hydrogen-bond donors (Lipinski definition) is 2. The molecular weight excluding hydrogens is 304 g/mol. The SMILES string of the molecule is NNC(=O)CCC(=O)N1CCN(c2cccc3ccccc23)CC1. The minimum absolute atomic E-state index is 0.0103. The summed E-state index contributed by atoms with van der Waals surface area (Å²) in [5.41, 5.74) is 3.26. The minimum Gasteiger partial charge on any atom is -0.367 e. The lowest BCUT2D eigenvalue weighted by molar-refractivity contribution is -0.133. The molecule has 0 atom stereocenters. The van der Waals surface area contributed by atoms with Gasteiger partial charge >= 0.3 is 0 Å². The lowest BCUT2D eigenvalue weighted by atomic mass is 10.1. The third-order valence-electron chi connectivity index (χ3n) is 4.47. The highest BCUT2D eigenvalue weighted by Gasteiger charge is 2.22. The maximum atomic E-state index is 12.2. The molecule has 1 aliphatic rings. The second-order valence-corrected chi connectivity index (χ2v) is 5.93. The third kappa shape index (κ3) is 3.49. The molecule has 2 amide bonds. The molecular formula is C18H22N4O2. The Bertz CT molecular complexity index is 733. The van der Waals surface area contributed by atoms with E-state index in [0.29, 0.717) is 13.1 Å². The Balaban J connectivity index is 1.62. The summed E-state index contributed by atoms with van der Waals surface area (Å²) in [6.45, 7) is 2.93. The number of nitrogens with one attached hydrogen (secondary N) is 1. The number of anilines is 1. The average molecular weight is 326 g/mol. The number of nitrogens with two attached hydrogens (primary N) is 1. The van der Waals surface area contributed by atoms with Crippen molar-refractivity contribution in [3.8, 4) is 0 Å². The lowest BCUT2D eigenvalue weighted by Gasteiger charge is -2.36. The molecule has 0 spiro atoms. The fourth-order valence-corrected chi connectivity index (χ4v) is 3.13. The van der Waals surface area contributed by atoms with Crippen LogP contribution in [-0.2, 0) is 9.59 Å². The molecule has 0 aromatic heterocycles. The van der Waals surface area contributed by atoms with Crippen molar-refractivity contribution >= 4 is 28.3 Å². The zero-order valence-electron chi connectivity index (χ0n) is 13.6. The summed E-state index contributed by atoms with van der Waals surface area (Å²) in [5, 5.41) is 2.46. The van der Waals surface area contributed by atoms with Gasteiger partial charge in [0, 0.05) is 50.1 Å². The van der Waals surface area contributed by atoms with E-state index in [1.807, 2.05) is 17.0 Å². The lowest BCUT2D eigenvalue weighted by Crippen LogP contribution is -2.49. The Morgan fingerprint density at radius 1 is 0.958 bits per heavy atom. The van der Waals surface area contributed by atoms with Crippen molar-refractivity contribution in [2.75, 3.05) is 31.1 Å². The monoisotopic (exact) mass is 326 g/mol. The van der Waals surface area contributed by atoms with Crippen LogP contribution < -0.4 is 16.2 Å². The van der Waals surface area contributed by atoms with Gasteiger partial charge in [0.25, 0.3) is 0 Å². The van der Waals surface area contributed by atoms with Crippen LogP contribution >= 0.6 is 0 Å². The number of nitrogens with zero attached hydrogens (tertiary/aromatic N) is 2. The van der Waals surface area contributed by atoms with Crippen molar-refractivity contribution in [1.29, 1.82) is 0 Å². The van der Waals surface area contributed by atoms with Crippen molar-refractivity contribution in [3.05, 3.63) is 42.5 Å². The fraction of sp³-hybridized carbons (Fsp3) is 0.333. The van der Waals surface area contributed by atoms with E-state index in [1.54, 1.807) is 0 Å². The van der Waals surface area contributed by atoms with Crippen LogP contribution in [0.5, 0.6) is 0 Å². The number of hydrogen-bond acceptors (Lipinski definition) is 4. The number of fused-ring (bicyclic) bond motifs is 1. The van der Waals surface area contributed by atoms with Crippen LogP contribution in [0.2, 0.25) is 0 Å². The molecule has 1 heterocycles. The van der Waals surface area contributed by atoms with Crippen LogP contribution in [0.15, 0.2) is 42.5 Å². The summed E-state index contributed by atoms with van der Waals surface area (Å²) in [5.74, 6) is 4.74. The largest absolute Gasteiger partial charge is 0.367 e. The van der Waals surface area contributed by atoms with Crippen LogP contribution in [0.3, 0.4) is 0 Å². The number of piperazine rings is 1. The van der Waals surface area contributed by atoms with Gasteiger partial charge in [-0.15, -0.1) is 0 Å². The smallest absolute Gasteiger partial charge is 0.234 e. The minimum atomic E-state index is -0.308. The van der Waals surface area contributed by atoms with Crippen molar-refractivity contribution < 1.29 is 9.59 Å². The molecule has 6 heteroatoms. The molecule has 1 aliphatic heterocycles. The summed E-state index contributed by atoms with van der Waals surface area (Å²) in [6, 6.07) is 14.6. The Morgan fingerprint density at radius 3 is 2.42 bits per heavy atom. The number of hydrazine groups is 1. The van der Waals surface area contributed by atoms with E-state index < -0.39 is 0 Å². The molecule has 0 bridgehead atoms. The molecule has 3 rings (SSSR count). The number of carbonyl (C=O) groups is 2.